The monoisotopic (exact) mass is 461 g/mol. The first-order valence-corrected chi connectivity index (χ1v) is 11.8. The lowest BCUT2D eigenvalue weighted by Gasteiger charge is -2.36. The van der Waals surface area contributed by atoms with Gasteiger partial charge >= 0.3 is 0 Å². The highest BCUT2D eigenvalue weighted by Gasteiger charge is 2.30. The molecule has 2 atom stereocenters. The summed E-state index contributed by atoms with van der Waals surface area (Å²) in [6, 6.07) is 5.48. The summed E-state index contributed by atoms with van der Waals surface area (Å²) in [5, 5.41) is 8.18. The standard InChI is InChI=1S/C24H31N9O/c1-15-13-27-22(28-23(15)32-10-8-17(25)14-32)12-18(26)20-5-3-4-9-33(20)24(34)16-6-7-21-19(11-16)29-30-31(21)2/h6-7,11-13,17,20H,3-5,8-10,14,25-26H2,1-2H3/t17-,20-/m0/s1. The van der Waals surface area contributed by atoms with Crippen LogP contribution in [-0.2, 0) is 7.05 Å². The van der Waals surface area contributed by atoms with E-state index in [0.717, 1.165) is 55.7 Å². The molecule has 10 heteroatoms. The summed E-state index contributed by atoms with van der Waals surface area (Å²) in [4.78, 5) is 26.8. The van der Waals surface area contributed by atoms with Crippen LogP contribution in [0.2, 0.25) is 0 Å². The van der Waals surface area contributed by atoms with Crippen molar-refractivity contribution >= 4 is 28.8 Å². The summed E-state index contributed by atoms with van der Waals surface area (Å²) in [5.41, 5.74) is 16.5. The molecule has 4 N–H and O–H groups in total. The second-order valence-corrected chi connectivity index (χ2v) is 9.30. The van der Waals surface area contributed by atoms with Crippen molar-refractivity contribution in [2.45, 2.75) is 44.7 Å². The molecule has 2 aromatic heterocycles. The smallest absolute Gasteiger partial charge is 0.254 e. The van der Waals surface area contributed by atoms with E-state index in [1.165, 1.54) is 0 Å². The van der Waals surface area contributed by atoms with E-state index in [1.807, 2.05) is 37.2 Å². The topological polar surface area (TPSA) is 132 Å². The number of aromatic nitrogens is 5. The number of anilines is 1. The molecule has 0 radical (unpaired) electrons. The van der Waals surface area contributed by atoms with Crippen molar-refractivity contribution in [2.75, 3.05) is 24.5 Å². The molecule has 0 spiro atoms. The number of carbonyl (C=O) groups excluding carboxylic acids is 1. The molecule has 4 heterocycles. The number of benzene rings is 1. The summed E-state index contributed by atoms with van der Waals surface area (Å²) in [6.07, 6.45) is 7.35. The van der Waals surface area contributed by atoms with Crippen LogP contribution in [0.3, 0.4) is 0 Å². The van der Waals surface area contributed by atoms with Gasteiger partial charge in [-0.05, 0) is 50.8 Å². The first kappa shape index (κ1) is 22.3. The third-order valence-electron chi connectivity index (χ3n) is 6.79. The van der Waals surface area contributed by atoms with Gasteiger partial charge in [0.2, 0.25) is 0 Å². The highest BCUT2D eigenvalue weighted by atomic mass is 16.2. The van der Waals surface area contributed by atoms with Gasteiger partial charge in [-0.3, -0.25) is 4.79 Å². The number of carbonyl (C=O) groups is 1. The molecule has 2 aliphatic rings. The van der Waals surface area contributed by atoms with E-state index in [0.29, 0.717) is 29.1 Å². The molecule has 0 aliphatic carbocycles. The van der Waals surface area contributed by atoms with E-state index < -0.39 is 0 Å². The maximum Gasteiger partial charge on any atom is 0.254 e. The number of nitrogens with two attached hydrogens (primary N) is 2. The molecule has 1 amide bonds. The maximum atomic E-state index is 13.5. The number of rotatable bonds is 4. The highest BCUT2D eigenvalue weighted by molar-refractivity contribution is 5.97. The van der Waals surface area contributed by atoms with Crippen molar-refractivity contribution in [2.24, 2.45) is 18.5 Å². The van der Waals surface area contributed by atoms with E-state index in [9.17, 15) is 4.79 Å². The Morgan fingerprint density at radius 1 is 1.21 bits per heavy atom. The van der Waals surface area contributed by atoms with Crippen LogP contribution in [0.25, 0.3) is 17.1 Å². The Bertz CT molecular complexity index is 1250. The zero-order chi connectivity index (χ0) is 23.8. The molecule has 2 saturated heterocycles. The summed E-state index contributed by atoms with van der Waals surface area (Å²) >= 11 is 0. The number of hydrogen-bond donors (Lipinski definition) is 2. The molecular weight excluding hydrogens is 430 g/mol. The first-order valence-electron chi connectivity index (χ1n) is 11.8. The van der Waals surface area contributed by atoms with Crippen molar-refractivity contribution in [1.82, 2.24) is 29.9 Å². The predicted octanol–water partition coefficient (Wildman–Crippen LogP) is 1.60. The van der Waals surface area contributed by atoms with Gasteiger partial charge in [0.25, 0.3) is 5.91 Å². The van der Waals surface area contributed by atoms with Crippen molar-refractivity contribution in [3.05, 3.63) is 47.0 Å². The molecule has 10 nitrogen and oxygen atoms in total. The minimum absolute atomic E-state index is 0.0508. The lowest BCUT2D eigenvalue weighted by atomic mass is 9.97. The van der Waals surface area contributed by atoms with Crippen LogP contribution in [0.15, 0.2) is 30.1 Å². The van der Waals surface area contributed by atoms with Gasteiger partial charge in [0.05, 0.1) is 11.6 Å². The molecule has 178 valence electrons. The van der Waals surface area contributed by atoms with E-state index in [2.05, 4.69) is 20.2 Å². The fraction of sp³-hybridized carbons (Fsp3) is 0.458. The number of fused-ring (bicyclic) bond motifs is 1. The highest BCUT2D eigenvalue weighted by Crippen LogP contribution is 2.26. The SMILES string of the molecule is Cc1cnc(C=C(N)[C@@H]2CCCCN2C(=O)c2ccc3c(c2)nnn3C)nc1N1CC[C@H](N)C1. The van der Waals surface area contributed by atoms with E-state index in [4.69, 9.17) is 16.5 Å². The Kier molecular flexibility index (Phi) is 5.91. The Balaban J connectivity index is 1.40. The number of piperidine rings is 1. The second kappa shape index (κ2) is 9.02. The lowest BCUT2D eigenvalue weighted by molar-refractivity contribution is 0.0652. The fourth-order valence-corrected chi connectivity index (χ4v) is 4.92. The number of likely N-dealkylation sites (tertiary alicyclic amines) is 1. The van der Waals surface area contributed by atoms with Crippen LogP contribution in [-0.4, -0.2) is 67.5 Å². The van der Waals surface area contributed by atoms with Crippen LogP contribution >= 0.6 is 0 Å². The predicted molar refractivity (Wildman–Crippen MR) is 131 cm³/mol. The van der Waals surface area contributed by atoms with Crippen molar-refractivity contribution < 1.29 is 4.79 Å². The van der Waals surface area contributed by atoms with Gasteiger partial charge < -0.3 is 21.3 Å². The summed E-state index contributed by atoms with van der Waals surface area (Å²) < 4.78 is 1.69. The van der Waals surface area contributed by atoms with Crippen LogP contribution < -0.4 is 16.4 Å². The Hall–Kier alpha value is -3.53. The van der Waals surface area contributed by atoms with Crippen LogP contribution in [0.1, 0.15) is 47.4 Å². The number of nitrogens with zero attached hydrogens (tertiary/aromatic N) is 7. The number of amides is 1. The third-order valence-corrected chi connectivity index (χ3v) is 6.79. The van der Waals surface area contributed by atoms with E-state index in [-0.39, 0.29) is 18.0 Å². The Morgan fingerprint density at radius 2 is 2.06 bits per heavy atom. The van der Waals surface area contributed by atoms with Crippen molar-refractivity contribution in [3.8, 4) is 0 Å². The van der Waals surface area contributed by atoms with Crippen LogP contribution in [0.5, 0.6) is 0 Å². The maximum absolute atomic E-state index is 13.5. The second-order valence-electron chi connectivity index (χ2n) is 9.30. The molecule has 0 bridgehead atoms. The van der Waals surface area contributed by atoms with Gasteiger partial charge in [-0.1, -0.05) is 5.21 Å². The summed E-state index contributed by atoms with van der Waals surface area (Å²) in [6.45, 7) is 4.34. The quantitative estimate of drug-likeness (QED) is 0.599. The van der Waals surface area contributed by atoms with Crippen LogP contribution in [0.4, 0.5) is 5.82 Å². The Morgan fingerprint density at radius 3 is 2.85 bits per heavy atom. The largest absolute Gasteiger partial charge is 0.400 e. The fourth-order valence-electron chi connectivity index (χ4n) is 4.92. The van der Waals surface area contributed by atoms with Gasteiger partial charge in [0.15, 0.2) is 5.82 Å². The summed E-state index contributed by atoms with van der Waals surface area (Å²) in [7, 11) is 1.83. The van der Waals surface area contributed by atoms with Gasteiger partial charge in [-0.2, -0.15) is 0 Å². The summed E-state index contributed by atoms with van der Waals surface area (Å²) in [5.74, 6) is 1.40. The van der Waals surface area contributed by atoms with Gasteiger partial charge in [0.1, 0.15) is 11.3 Å². The molecule has 3 aromatic rings. The van der Waals surface area contributed by atoms with E-state index >= 15 is 0 Å². The molecule has 2 aliphatic heterocycles. The molecule has 34 heavy (non-hydrogen) atoms. The minimum Gasteiger partial charge on any atom is -0.400 e. The molecule has 5 rings (SSSR count). The average molecular weight is 462 g/mol. The number of aryl methyl sites for hydroxylation is 2. The first-order chi connectivity index (χ1) is 16.4. The Labute approximate surface area is 198 Å². The average Bonchev–Trinajstić information content (AvgIpc) is 3.45. The van der Waals surface area contributed by atoms with Gasteiger partial charge in [0, 0.05) is 61.8 Å². The third kappa shape index (κ3) is 4.21. The zero-order valence-electron chi connectivity index (χ0n) is 19.7. The van der Waals surface area contributed by atoms with Crippen LogP contribution in [0, 0.1) is 6.92 Å². The van der Waals surface area contributed by atoms with E-state index in [1.54, 1.807) is 16.8 Å². The molecular formula is C24H31N9O. The normalized spacial score (nSPS) is 21.4. The molecule has 0 saturated carbocycles. The number of hydrogen-bond acceptors (Lipinski definition) is 8. The minimum atomic E-state index is -0.202. The lowest BCUT2D eigenvalue weighted by Crippen LogP contribution is -2.46. The van der Waals surface area contributed by atoms with Crippen molar-refractivity contribution in [1.29, 1.82) is 0 Å². The van der Waals surface area contributed by atoms with Gasteiger partial charge in [-0.15, -0.1) is 5.10 Å². The van der Waals surface area contributed by atoms with Crippen molar-refractivity contribution in [3.63, 3.8) is 0 Å². The molecule has 2 fully saturated rings. The molecule has 1 aromatic carbocycles. The molecule has 0 unspecified atom stereocenters. The zero-order valence-corrected chi connectivity index (χ0v) is 19.7. The van der Waals surface area contributed by atoms with Gasteiger partial charge in [-0.25, -0.2) is 14.6 Å².